The highest BCUT2D eigenvalue weighted by atomic mass is 32.2. The van der Waals surface area contributed by atoms with Gasteiger partial charge in [0.15, 0.2) is 0 Å². The standard InChI is InChI=1S/C10H19NO5S.C2H6/c1-10(2,3)15-9(12)11-7-5-8(6-7)16-17(4,13)14;1-2/h7-8H,5-6H2,1-4H3,(H,11,12);1-2H3. The molecule has 0 aliphatic heterocycles. The predicted molar refractivity (Wildman–Crippen MR) is 73.5 cm³/mol. The Hall–Kier alpha value is -0.820. The van der Waals surface area contributed by atoms with Crippen LogP contribution >= 0.6 is 0 Å². The Morgan fingerprint density at radius 3 is 2.05 bits per heavy atom. The van der Waals surface area contributed by atoms with Crippen LogP contribution in [0, 0.1) is 0 Å². The number of carbonyl (C=O) groups excluding carboxylic acids is 1. The van der Waals surface area contributed by atoms with Gasteiger partial charge in [0.25, 0.3) is 10.1 Å². The van der Waals surface area contributed by atoms with Crippen molar-refractivity contribution in [1.29, 1.82) is 0 Å². The number of rotatable bonds is 3. The van der Waals surface area contributed by atoms with Crippen LogP contribution in [-0.4, -0.2) is 38.5 Å². The Kier molecular flexibility index (Phi) is 6.79. The van der Waals surface area contributed by atoms with Crippen LogP contribution in [0.25, 0.3) is 0 Å². The van der Waals surface area contributed by atoms with Crippen LogP contribution in [0.5, 0.6) is 0 Å². The van der Waals surface area contributed by atoms with Crippen molar-refractivity contribution in [2.75, 3.05) is 6.26 Å². The van der Waals surface area contributed by atoms with Gasteiger partial charge in [-0.1, -0.05) is 13.8 Å². The fourth-order valence-electron chi connectivity index (χ4n) is 1.48. The van der Waals surface area contributed by atoms with Crippen molar-refractivity contribution >= 4 is 16.2 Å². The zero-order valence-corrected chi connectivity index (χ0v) is 13.3. The van der Waals surface area contributed by atoms with Crippen molar-refractivity contribution in [1.82, 2.24) is 5.32 Å². The molecule has 0 radical (unpaired) electrons. The predicted octanol–water partition coefficient (Wildman–Crippen LogP) is 2.04. The molecule has 19 heavy (non-hydrogen) atoms. The second-order valence-corrected chi connectivity index (χ2v) is 6.84. The van der Waals surface area contributed by atoms with E-state index in [1.807, 2.05) is 13.8 Å². The Morgan fingerprint density at radius 1 is 1.21 bits per heavy atom. The number of nitrogens with one attached hydrogen (secondary N) is 1. The molecular weight excluding hydrogens is 270 g/mol. The van der Waals surface area contributed by atoms with E-state index in [0.717, 1.165) is 6.26 Å². The third-order valence-electron chi connectivity index (χ3n) is 2.13. The number of ether oxygens (including phenoxy) is 1. The van der Waals surface area contributed by atoms with E-state index in [4.69, 9.17) is 8.92 Å². The quantitative estimate of drug-likeness (QED) is 0.806. The van der Waals surface area contributed by atoms with Gasteiger partial charge in [0.05, 0.1) is 12.4 Å². The van der Waals surface area contributed by atoms with Crippen LogP contribution < -0.4 is 5.32 Å². The van der Waals surface area contributed by atoms with E-state index < -0.39 is 21.8 Å². The van der Waals surface area contributed by atoms with E-state index in [0.29, 0.717) is 12.8 Å². The Morgan fingerprint density at radius 2 is 1.68 bits per heavy atom. The van der Waals surface area contributed by atoms with Crippen LogP contribution in [0.4, 0.5) is 4.79 Å². The molecule has 0 unspecified atom stereocenters. The van der Waals surface area contributed by atoms with Crippen LogP contribution in [0.3, 0.4) is 0 Å². The molecule has 7 heteroatoms. The smallest absolute Gasteiger partial charge is 0.407 e. The maximum atomic E-state index is 11.4. The molecule has 0 aromatic carbocycles. The molecule has 1 saturated carbocycles. The molecule has 0 atom stereocenters. The number of hydrogen-bond acceptors (Lipinski definition) is 5. The maximum absolute atomic E-state index is 11.4. The molecule has 1 N–H and O–H groups in total. The minimum absolute atomic E-state index is 0.0726. The number of hydrogen-bond donors (Lipinski definition) is 1. The van der Waals surface area contributed by atoms with Crippen molar-refractivity contribution < 1.29 is 22.1 Å². The molecule has 0 heterocycles. The summed E-state index contributed by atoms with van der Waals surface area (Å²) in [7, 11) is -3.41. The first kappa shape index (κ1) is 18.2. The second kappa shape index (κ2) is 7.09. The van der Waals surface area contributed by atoms with Crippen LogP contribution in [0.1, 0.15) is 47.5 Å². The van der Waals surface area contributed by atoms with Gasteiger partial charge in [-0.3, -0.25) is 4.18 Å². The molecule has 1 amide bonds. The topological polar surface area (TPSA) is 81.7 Å². The monoisotopic (exact) mass is 295 g/mol. The van der Waals surface area contributed by atoms with Crippen LogP contribution in [0.15, 0.2) is 0 Å². The summed E-state index contributed by atoms with van der Waals surface area (Å²) in [5.41, 5.74) is -0.531. The summed E-state index contributed by atoms with van der Waals surface area (Å²) in [4.78, 5) is 11.4. The molecule has 6 nitrogen and oxygen atoms in total. The average Bonchev–Trinajstić information content (AvgIpc) is 2.12. The summed E-state index contributed by atoms with van der Waals surface area (Å²) in [6, 6.07) is -0.0726. The van der Waals surface area contributed by atoms with E-state index in [9.17, 15) is 13.2 Å². The van der Waals surface area contributed by atoms with E-state index in [1.165, 1.54) is 0 Å². The summed E-state index contributed by atoms with van der Waals surface area (Å²) in [6.45, 7) is 9.34. The summed E-state index contributed by atoms with van der Waals surface area (Å²) in [6.07, 6.45) is 1.19. The first-order chi connectivity index (χ1) is 8.55. The second-order valence-electron chi connectivity index (χ2n) is 5.24. The zero-order chi connectivity index (χ0) is 15.3. The fourth-order valence-corrected chi connectivity index (χ4v) is 2.13. The number of alkyl carbamates (subject to hydrolysis) is 1. The van der Waals surface area contributed by atoms with Crippen molar-refractivity contribution in [3.63, 3.8) is 0 Å². The normalized spacial score (nSPS) is 22.6. The summed E-state index contributed by atoms with van der Waals surface area (Å²) in [5, 5.41) is 2.65. The Balaban J connectivity index is 0.00000154. The minimum Gasteiger partial charge on any atom is -0.444 e. The average molecular weight is 295 g/mol. The lowest BCUT2D eigenvalue weighted by Gasteiger charge is -2.34. The van der Waals surface area contributed by atoms with Crippen molar-refractivity contribution in [3.8, 4) is 0 Å². The molecule has 0 aromatic heterocycles. The molecule has 1 aliphatic rings. The van der Waals surface area contributed by atoms with E-state index in [1.54, 1.807) is 20.8 Å². The van der Waals surface area contributed by atoms with Crippen LogP contribution in [0.2, 0.25) is 0 Å². The van der Waals surface area contributed by atoms with Gasteiger partial charge in [0, 0.05) is 6.04 Å². The number of carbonyl (C=O) groups is 1. The maximum Gasteiger partial charge on any atom is 0.407 e. The van der Waals surface area contributed by atoms with E-state index in [-0.39, 0.29) is 12.1 Å². The van der Waals surface area contributed by atoms with Gasteiger partial charge in [-0.05, 0) is 33.6 Å². The van der Waals surface area contributed by atoms with Crippen molar-refractivity contribution in [3.05, 3.63) is 0 Å². The molecular formula is C12H25NO5S. The highest BCUT2D eigenvalue weighted by Crippen LogP contribution is 2.25. The molecule has 0 saturated heterocycles. The van der Waals surface area contributed by atoms with Gasteiger partial charge in [-0.2, -0.15) is 8.42 Å². The van der Waals surface area contributed by atoms with E-state index in [2.05, 4.69) is 5.32 Å². The minimum atomic E-state index is -3.41. The van der Waals surface area contributed by atoms with Gasteiger partial charge >= 0.3 is 6.09 Å². The van der Waals surface area contributed by atoms with E-state index >= 15 is 0 Å². The molecule has 0 aromatic rings. The van der Waals surface area contributed by atoms with Gasteiger partial charge in [0.1, 0.15) is 5.60 Å². The first-order valence-electron chi connectivity index (χ1n) is 6.43. The molecule has 1 aliphatic carbocycles. The number of amides is 1. The molecule has 114 valence electrons. The summed E-state index contributed by atoms with van der Waals surface area (Å²) < 4.78 is 31.5. The van der Waals surface area contributed by atoms with Gasteiger partial charge in [-0.15, -0.1) is 0 Å². The lowest BCUT2D eigenvalue weighted by Crippen LogP contribution is -2.49. The van der Waals surface area contributed by atoms with Crippen molar-refractivity contribution in [2.45, 2.75) is 65.2 Å². The van der Waals surface area contributed by atoms with Crippen LogP contribution in [-0.2, 0) is 19.0 Å². The van der Waals surface area contributed by atoms with Gasteiger partial charge in [-0.25, -0.2) is 4.79 Å². The third kappa shape index (κ3) is 8.83. The lowest BCUT2D eigenvalue weighted by atomic mass is 9.90. The molecule has 0 bridgehead atoms. The Bertz CT molecular complexity index is 379. The van der Waals surface area contributed by atoms with Crippen molar-refractivity contribution in [2.24, 2.45) is 0 Å². The highest BCUT2D eigenvalue weighted by Gasteiger charge is 2.34. The SMILES string of the molecule is CC.CC(C)(C)OC(=O)NC1CC(OS(C)(=O)=O)C1. The fraction of sp³-hybridized carbons (Fsp3) is 0.917. The summed E-state index contributed by atoms with van der Waals surface area (Å²) in [5.74, 6) is 0. The molecule has 1 rings (SSSR count). The zero-order valence-electron chi connectivity index (χ0n) is 12.5. The molecule has 0 spiro atoms. The largest absolute Gasteiger partial charge is 0.444 e. The molecule has 1 fully saturated rings. The van der Waals surface area contributed by atoms with Gasteiger partial charge < -0.3 is 10.1 Å². The first-order valence-corrected chi connectivity index (χ1v) is 8.24. The van der Waals surface area contributed by atoms with Gasteiger partial charge in [0.2, 0.25) is 0 Å². The Labute approximate surface area is 116 Å². The third-order valence-corrected chi connectivity index (χ3v) is 2.75. The lowest BCUT2D eigenvalue weighted by molar-refractivity contribution is 0.0377. The summed E-state index contributed by atoms with van der Waals surface area (Å²) >= 11 is 0. The highest BCUT2D eigenvalue weighted by molar-refractivity contribution is 7.86.